The minimum Gasteiger partial charge on any atom is -0.323 e. The number of unbranched alkanes of at least 4 members (excludes halogenated alkanes) is 4. The van der Waals surface area contributed by atoms with Gasteiger partial charge in [-0.1, -0.05) is 126 Å². The van der Waals surface area contributed by atoms with E-state index in [4.69, 9.17) is 4.98 Å². The van der Waals surface area contributed by atoms with Gasteiger partial charge in [-0.15, -0.1) is 0 Å². The van der Waals surface area contributed by atoms with Gasteiger partial charge in [0.25, 0.3) is 0 Å². The monoisotopic (exact) mass is 472 g/mol. The van der Waals surface area contributed by atoms with Crippen molar-refractivity contribution in [2.45, 2.75) is 38.6 Å². The molecule has 0 fully saturated rings. The lowest BCUT2D eigenvalue weighted by Crippen LogP contribution is -2.03. The minimum atomic E-state index is 0.975. The molecule has 0 bridgehead atoms. The molecule has 0 saturated carbocycles. The number of halogens is 1. The van der Waals surface area contributed by atoms with E-state index in [1.807, 2.05) is 0 Å². The third-order valence-electron chi connectivity index (χ3n) is 5.61. The summed E-state index contributed by atoms with van der Waals surface area (Å²) in [5.74, 6) is 1.05. The van der Waals surface area contributed by atoms with Crippen LogP contribution in [0.1, 0.15) is 32.1 Å². The average molecular weight is 473 g/mol. The second-order valence-electron chi connectivity index (χ2n) is 7.84. The zero-order chi connectivity index (χ0) is 21.3. The molecule has 4 aromatic rings. The van der Waals surface area contributed by atoms with Gasteiger partial charge in [-0.25, -0.2) is 4.98 Å². The number of hydrogen-bond donors (Lipinski definition) is 0. The Labute approximate surface area is 194 Å². The standard InChI is InChI=1S/C28H29BrN2/c29-21-13-2-1-3-14-22-31-27(24-17-9-5-10-18-24)26(23-15-7-4-8-16-23)30-28(31)25-19-11-6-12-20-25/h4-12,15-20H,1-3,13-14,21-22H2. The molecule has 1 aromatic heterocycles. The molecule has 2 nitrogen and oxygen atoms in total. The molecule has 1 heterocycles. The van der Waals surface area contributed by atoms with Crippen molar-refractivity contribution in [3.63, 3.8) is 0 Å². The van der Waals surface area contributed by atoms with E-state index in [-0.39, 0.29) is 0 Å². The molecule has 0 spiro atoms. The molecule has 158 valence electrons. The Hall–Kier alpha value is -2.65. The lowest BCUT2D eigenvalue weighted by atomic mass is 10.0. The average Bonchev–Trinajstić information content (AvgIpc) is 3.22. The summed E-state index contributed by atoms with van der Waals surface area (Å²) in [5, 5.41) is 1.10. The largest absolute Gasteiger partial charge is 0.323 e. The number of aromatic nitrogens is 2. The Balaban J connectivity index is 1.78. The van der Waals surface area contributed by atoms with Crippen LogP contribution in [0.3, 0.4) is 0 Å². The van der Waals surface area contributed by atoms with E-state index < -0.39 is 0 Å². The van der Waals surface area contributed by atoms with Crippen molar-refractivity contribution in [1.82, 2.24) is 9.55 Å². The van der Waals surface area contributed by atoms with Crippen molar-refractivity contribution in [2.24, 2.45) is 0 Å². The summed E-state index contributed by atoms with van der Waals surface area (Å²) in [4.78, 5) is 5.21. The van der Waals surface area contributed by atoms with Crippen LogP contribution in [0.25, 0.3) is 33.9 Å². The van der Waals surface area contributed by atoms with Crippen molar-refractivity contribution >= 4 is 15.9 Å². The third kappa shape index (κ3) is 5.34. The molecular formula is C28H29BrN2. The van der Waals surface area contributed by atoms with E-state index in [2.05, 4.69) is 111 Å². The van der Waals surface area contributed by atoms with Crippen molar-refractivity contribution in [3.8, 4) is 33.9 Å². The normalized spacial score (nSPS) is 11.0. The Morgan fingerprint density at radius 3 is 1.71 bits per heavy atom. The highest BCUT2D eigenvalue weighted by atomic mass is 79.9. The van der Waals surface area contributed by atoms with Gasteiger partial charge in [-0.2, -0.15) is 0 Å². The highest BCUT2D eigenvalue weighted by Crippen LogP contribution is 2.36. The summed E-state index contributed by atoms with van der Waals surface area (Å²) in [5.41, 5.74) is 5.82. The molecule has 3 aromatic carbocycles. The molecule has 0 N–H and O–H groups in total. The molecule has 3 heteroatoms. The number of benzene rings is 3. The first-order valence-corrected chi connectivity index (χ1v) is 12.3. The van der Waals surface area contributed by atoms with E-state index in [1.165, 1.54) is 42.5 Å². The predicted molar refractivity (Wildman–Crippen MR) is 135 cm³/mol. The summed E-state index contributed by atoms with van der Waals surface area (Å²) in [6.45, 7) is 0.975. The van der Waals surface area contributed by atoms with Crippen molar-refractivity contribution in [3.05, 3.63) is 91.0 Å². The SMILES string of the molecule is BrCCCCCCCn1c(-c2ccccc2)nc(-c2ccccc2)c1-c1ccccc1. The summed E-state index contributed by atoms with van der Waals surface area (Å²) >= 11 is 3.54. The molecular weight excluding hydrogens is 444 g/mol. The molecule has 0 unspecified atom stereocenters. The van der Waals surface area contributed by atoms with Crippen LogP contribution < -0.4 is 0 Å². The molecule has 0 atom stereocenters. The fourth-order valence-corrected chi connectivity index (χ4v) is 4.46. The van der Waals surface area contributed by atoms with Crippen LogP contribution in [0.4, 0.5) is 0 Å². The molecule has 0 saturated heterocycles. The van der Waals surface area contributed by atoms with Crippen molar-refractivity contribution < 1.29 is 0 Å². The lowest BCUT2D eigenvalue weighted by molar-refractivity contribution is 0.575. The first-order chi connectivity index (χ1) is 15.4. The van der Waals surface area contributed by atoms with E-state index in [0.717, 1.165) is 35.4 Å². The van der Waals surface area contributed by atoms with Crippen LogP contribution >= 0.6 is 15.9 Å². The van der Waals surface area contributed by atoms with Gasteiger partial charge >= 0.3 is 0 Å². The minimum absolute atomic E-state index is 0.975. The van der Waals surface area contributed by atoms with E-state index in [0.29, 0.717) is 0 Å². The van der Waals surface area contributed by atoms with Crippen LogP contribution in [0.15, 0.2) is 91.0 Å². The summed E-state index contributed by atoms with van der Waals surface area (Å²) in [7, 11) is 0. The zero-order valence-electron chi connectivity index (χ0n) is 17.9. The fourth-order valence-electron chi connectivity index (χ4n) is 4.06. The molecule has 0 aliphatic carbocycles. The number of hydrogen-bond acceptors (Lipinski definition) is 1. The van der Waals surface area contributed by atoms with Crippen LogP contribution in [-0.4, -0.2) is 14.9 Å². The molecule has 0 amide bonds. The smallest absolute Gasteiger partial charge is 0.141 e. The highest BCUT2D eigenvalue weighted by molar-refractivity contribution is 9.09. The first kappa shape index (κ1) is 21.6. The molecule has 31 heavy (non-hydrogen) atoms. The van der Waals surface area contributed by atoms with Gasteiger partial charge in [0.1, 0.15) is 5.82 Å². The van der Waals surface area contributed by atoms with Gasteiger partial charge < -0.3 is 4.57 Å². The molecule has 0 aliphatic rings. The van der Waals surface area contributed by atoms with E-state index in [1.54, 1.807) is 0 Å². The third-order valence-corrected chi connectivity index (χ3v) is 6.17. The number of alkyl halides is 1. The first-order valence-electron chi connectivity index (χ1n) is 11.2. The molecule has 4 rings (SSSR count). The fraction of sp³-hybridized carbons (Fsp3) is 0.250. The van der Waals surface area contributed by atoms with Gasteiger partial charge in [0.05, 0.1) is 11.4 Å². The number of rotatable bonds is 10. The Morgan fingerprint density at radius 2 is 1.10 bits per heavy atom. The summed E-state index contributed by atoms with van der Waals surface area (Å²) in [6, 6.07) is 31.9. The second kappa shape index (κ2) is 11.1. The van der Waals surface area contributed by atoms with Crippen LogP contribution in [0.2, 0.25) is 0 Å². The van der Waals surface area contributed by atoms with Gasteiger partial charge in [0.2, 0.25) is 0 Å². The van der Waals surface area contributed by atoms with Crippen LogP contribution in [-0.2, 0) is 6.54 Å². The maximum atomic E-state index is 5.21. The van der Waals surface area contributed by atoms with Crippen molar-refractivity contribution in [1.29, 1.82) is 0 Å². The molecule has 0 aliphatic heterocycles. The van der Waals surface area contributed by atoms with Gasteiger partial charge in [0, 0.05) is 28.6 Å². The van der Waals surface area contributed by atoms with Gasteiger partial charge in [-0.05, 0) is 12.8 Å². The summed E-state index contributed by atoms with van der Waals surface area (Å²) < 4.78 is 2.44. The van der Waals surface area contributed by atoms with E-state index in [9.17, 15) is 0 Å². The maximum absolute atomic E-state index is 5.21. The van der Waals surface area contributed by atoms with Gasteiger partial charge in [0.15, 0.2) is 0 Å². The quantitative estimate of drug-likeness (QED) is 0.168. The zero-order valence-corrected chi connectivity index (χ0v) is 19.5. The number of nitrogens with zero attached hydrogens (tertiary/aromatic N) is 2. The topological polar surface area (TPSA) is 17.8 Å². The Kier molecular flexibility index (Phi) is 7.73. The second-order valence-corrected chi connectivity index (χ2v) is 8.63. The predicted octanol–water partition coefficient (Wildman–Crippen LogP) is 8.23. The van der Waals surface area contributed by atoms with E-state index >= 15 is 0 Å². The summed E-state index contributed by atoms with van der Waals surface area (Å²) in [6.07, 6.45) is 6.24. The lowest BCUT2D eigenvalue weighted by Gasteiger charge is -2.13. The molecule has 0 radical (unpaired) electrons. The Morgan fingerprint density at radius 1 is 0.581 bits per heavy atom. The van der Waals surface area contributed by atoms with Crippen LogP contribution in [0.5, 0.6) is 0 Å². The Bertz CT molecular complexity index is 1060. The highest BCUT2D eigenvalue weighted by Gasteiger charge is 2.20. The number of imidazole rings is 1. The maximum Gasteiger partial charge on any atom is 0.141 e. The van der Waals surface area contributed by atoms with Crippen LogP contribution in [0, 0.1) is 0 Å². The van der Waals surface area contributed by atoms with Gasteiger partial charge in [-0.3, -0.25) is 0 Å². The van der Waals surface area contributed by atoms with Crippen molar-refractivity contribution in [2.75, 3.05) is 5.33 Å².